The minimum atomic E-state index is -0.671. The molecule has 0 radical (unpaired) electrons. The topological polar surface area (TPSA) is 139 Å². The quantitative estimate of drug-likeness (QED) is 0.172. The van der Waals surface area contributed by atoms with Gasteiger partial charge in [0.05, 0.1) is 19.3 Å². The molecule has 0 aromatic rings. The fourth-order valence-electron chi connectivity index (χ4n) is 1.13. The Morgan fingerprint density at radius 1 is 1.67 bits per heavy atom. The van der Waals surface area contributed by atoms with Crippen LogP contribution in [0.3, 0.4) is 0 Å². The molecule has 0 saturated heterocycles. The van der Waals surface area contributed by atoms with Crippen LogP contribution >= 0.6 is 0 Å². The molecule has 0 fully saturated rings. The second kappa shape index (κ2) is 11.5. The molecule has 0 aliphatic heterocycles. The zero-order valence-electron chi connectivity index (χ0n) is 11.8. The largest absolute Gasteiger partial charge is 0.394 e. The summed E-state index contributed by atoms with van der Waals surface area (Å²) in [5, 5.41) is 23.3. The van der Waals surface area contributed by atoms with Gasteiger partial charge in [-0.15, -0.1) is 0 Å². The molecule has 0 aliphatic carbocycles. The minimum absolute atomic E-state index is 0.150. The first-order valence-electron chi connectivity index (χ1n) is 6.12. The second-order valence-corrected chi connectivity index (χ2v) is 3.68. The fourth-order valence-corrected chi connectivity index (χ4v) is 1.13. The van der Waals surface area contributed by atoms with Gasteiger partial charge in [-0.2, -0.15) is 5.10 Å². The molecule has 0 heterocycles. The summed E-state index contributed by atoms with van der Waals surface area (Å²) in [4.78, 5) is 18.4. The molecule has 0 aliphatic rings. The monoisotopic (exact) mass is 300 g/mol. The number of ether oxygens (including phenoxy) is 1. The molecule has 1 unspecified atom stereocenters. The zero-order chi connectivity index (χ0) is 16.1. The Hall–Kier alpha value is -2.33. The van der Waals surface area contributed by atoms with E-state index in [4.69, 9.17) is 15.7 Å². The van der Waals surface area contributed by atoms with E-state index >= 15 is 0 Å². The molecule has 1 atom stereocenters. The molecule has 0 aromatic carbocycles. The van der Waals surface area contributed by atoms with Gasteiger partial charge in [0.25, 0.3) is 0 Å². The van der Waals surface area contributed by atoms with Crippen LogP contribution in [-0.2, 0) is 4.74 Å². The summed E-state index contributed by atoms with van der Waals surface area (Å²) >= 11 is 0. The minimum Gasteiger partial charge on any atom is -0.394 e. The number of nitrogens with two attached hydrogens (primary N) is 1. The lowest BCUT2D eigenvalue weighted by atomic mass is 10.3. The molecular weight excluding hydrogens is 280 g/mol. The summed E-state index contributed by atoms with van der Waals surface area (Å²) in [5.74, 6) is 5.17. The van der Waals surface area contributed by atoms with Gasteiger partial charge in [0, 0.05) is 19.0 Å². The number of hydrogen-bond acceptors (Lipinski definition) is 8. The van der Waals surface area contributed by atoms with E-state index in [-0.39, 0.29) is 25.5 Å². The van der Waals surface area contributed by atoms with Gasteiger partial charge in [-0.3, -0.25) is 4.99 Å². The van der Waals surface area contributed by atoms with Crippen molar-refractivity contribution in [3.05, 3.63) is 22.9 Å². The molecule has 0 spiro atoms. The molecule has 21 heavy (non-hydrogen) atoms. The average molecular weight is 300 g/mol. The summed E-state index contributed by atoms with van der Waals surface area (Å²) in [6.45, 7) is 5.43. The van der Waals surface area contributed by atoms with Crippen LogP contribution in [-0.4, -0.2) is 65.8 Å². The maximum absolute atomic E-state index is 10.8. The van der Waals surface area contributed by atoms with E-state index in [9.17, 15) is 10.1 Å². The summed E-state index contributed by atoms with van der Waals surface area (Å²) in [6, 6.07) is -0.479. The van der Waals surface area contributed by atoms with Gasteiger partial charge in [-0.25, -0.2) is 15.1 Å². The van der Waals surface area contributed by atoms with Crippen LogP contribution in [0.4, 0.5) is 0 Å². The van der Waals surface area contributed by atoms with E-state index in [1.165, 1.54) is 6.21 Å². The molecule has 10 heteroatoms. The van der Waals surface area contributed by atoms with Gasteiger partial charge in [0.1, 0.15) is 12.3 Å². The first-order valence-corrected chi connectivity index (χ1v) is 6.12. The number of rotatable bonds is 11. The van der Waals surface area contributed by atoms with E-state index in [1.807, 2.05) is 6.92 Å². The van der Waals surface area contributed by atoms with Gasteiger partial charge in [-0.1, -0.05) is 11.6 Å². The molecule has 3 N–H and O–H groups in total. The van der Waals surface area contributed by atoms with E-state index in [1.54, 1.807) is 0 Å². The smallest absolute Gasteiger partial charge is 0.166 e. The molecular formula is C11H20N6O4. The van der Waals surface area contributed by atoms with Crippen LogP contribution < -0.4 is 5.84 Å². The first kappa shape index (κ1) is 18.7. The maximum atomic E-state index is 10.8. The Bertz CT molecular complexity index is 410. The fraction of sp³-hybridized carbons (Fsp3) is 0.545. The van der Waals surface area contributed by atoms with Gasteiger partial charge in [0.2, 0.25) is 0 Å². The standard InChI is InChI=1S/C11H20N6O4/c1-3-13-9-16(17(19)20)6-10(15-12)5-14-11(7-18)8-21-4-2/h3,5,9,11,18H,1,4,6-8,12H2,2H3. The highest BCUT2D eigenvalue weighted by Crippen LogP contribution is 1.93. The van der Waals surface area contributed by atoms with Crippen LogP contribution in [0.15, 0.2) is 27.9 Å². The summed E-state index contributed by atoms with van der Waals surface area (Å²) in [5.41, 5.74) is 0.150. The maximum Gasteiger partial charge on any atom is 0.166 e. The molecule has 0 bridgehead atoms. The third-order valence-electron chi connectivity index (χ3n) is 2.16. The van der Waals surface area contributed by atoms with Crippen molar-refractivity contribution < 1.29 is 14.9 Å². The van der Waals surface area contributed by atoms with Crippen molar-refractivity contribution in [2.45, 2.75) is 13.0 Å². The Morgan fingerprint density at radius 2 is 2.38 bits per heavy atom. The number of nitro groups is 1. The summed E-state index contributed by atoms with van der Waals surface area (Å²) in [6.07, 6.45) is 3.40. The van der Waals surface area contributed by atoms with Crippen LogP contribution in [0.1, 0.15) is 6.92 Å². The lowest BCUT2D eigenvalue weighted by Gasteiger charge is -2.10. The number of aliphatic hydroxyl groups is 1. The lowest BCUT2D eigenvalue weighted by Crippen LogP contribution is -2.35. The Morgan fingerprint density at radius 3 is 2.86 bits per heavy atom. The van der Waals surface area contributed by atoms with Gasteiger partial charge >= 0.3 is 0 Å². The number of hydrazone groups is 1. The Kier molecular flexibility index (Phi) is 10.2. The molecule has 118 valence electrons. The van der Waals surface area contributed by atoms with Gasteiger partial charge < -0.3 is 15.7 Å². The summed E-state index contributed by atoms with van der Waals surface area (Å²) in [7, 11) is 0. The van der Waals surface area contributed by atoms with E-state index in [2.05, 4.69) is 21.7 Å². The van der Waals surface area contributed by atoms with Crippen molar-refractivity contribution in [1.29, 1.82) is 0 Å². The van der Waals surface area contributed by atoms with Crippen molar-refractivity contribution in [3.8, 4) is 0 Å². The molecule has 0 amide bonds. The number of nitrogens with zero attached hydrogens (tertiary/aromatic N) is 5. The van der Waals surface area contributed by atoms with Crippen LogP contribution in [0.5, 0.6) is 0 Å². The van der Waals surface area contributed by atoms with E-state index in [0.717, 1.165) is 12.5 Å². The number of aliphatic imine (C=N–C) groups is 2. The Labute approximate surface area is 122 Å². The molecule has 0 saturated carbocycles. The number of hydrazine groups is 1. The van der Waals surface area contributed by atoms with Crippen molar-refractivity contribution in [1.82, 2.24) is 5.01 Å². The highest BCUT2D eigenvalue weighted by molar-refractivity contribution is 6.31. The molecule has 0 aromatic heterocycles. The highest BCUT2D eigenvalue weighted by atomic mass is 16.7. The number of hydrogen-bond donors (Lipinski definition) is 2. The zero-order valence-corrected chi connectivity index (χ0v) is 11.8. The Balaban J connectivity index is 4.72. The molecule has 0 rings (SSSR count). The highest BCUT2D eigenvalue weighted by Gasteiger charge is 2.14. The normalized spacial score (nSPS) is 13.7. The van der Waals surface area contributed by atoms with Crippen molar-refractivity contribution in [3.63, 3.8) is 0 Å². The predicted molar refractivity (Wildman–Crippen MR) is 79.9 cm³/mol. The van der Waals surface area contributed by atoms with Crippen LogP contribution in [0.25, 0.3) is 0 Å². The predicted octanol–water partition coefficient (Wildman–Crippen LogP) is -0.565. The van der Waals surface area contributed by atoms with E-state index in [0.29, 0.717) is 11.6 Å². The van der Waals surface area contributed by atoms with Crippen molar-refractivity contribution in [2.75, 3.05) is 26.4 Å². The third-order valence-corrected chi connectivity index (χ3v) is 2.16. The van der Waals surface area contributed by atoms with E-state index < -0.39 is 11.1 Å². The third kappa shape index (κ3) is 8.44. The molecule has 10 nitrogen and oxygen atoms in total. The lowest BCUT2D eigenvalue weighted by molar-refractivity contribution is -0.623. The first-order chi connectivity index (χ1) is 10.1. The van der Waals surface area contributed by atoms with Gasteiger partial charge in [-0.05, 0) is 6.92 Å². The summed E-state index contributed by atoms with van der Waals surface area (Å²) < 4.78 is 5.13. The van der Waals surface area contributed by atoms with Crippen LogP contribution in [0, 0.1) is 10.1 Å². The SMILES string of the molecule is C=CN=CN(CC(C=NC(CO)COCC)=NN)[N+](=O)[O-]. The second-order valence-electron chi connectivity index (χ2n) is 3.68. The van der Waals surface area contributed by atoms with Crippen molar-refractivity contribution in [2.24, 2.45) is 20.9 Å². The van der Waals surface area contributed by atoms with Gasteiger partial charge in [0.15, 0.2) is 11.4 Å². The number of aliphatic hydroxyl groups excluding tert-OH is 1. The van der Waals surface area contributed by atoms with Crippen molar-refractivity contribution >= 4 is 18.3 Å². The average Bonchev–Trinajstić information content (AvgIpc) is 2.48. The van der Waals surface area contributed by atoms with Crippen LogP contribution in [0.2, 0.25) is 0 Å².